The van der Waals surface area contributed by atoms with Gasteiger partial charge in [0.1, 0.15) is 5.82 Å². The van der Waals surface area contributed by atoms with Gasteiger partial charge in [0, 0.05) is 61.5 Å². The minimum absolute atomic E-state index is 0.125. The number of anilines is 1. The van der Waals surface area contributed by atoms with E-state index < -0.39 is 0 Å². The average Bonchev–Trinajstić information content (AvgIpc) is 3.46. The molecule has 8 nitrogen and oxygen atoms in total. The summed E-state index contributed by atoms with van der Waals surface area (Å²) in [6, 6.07) is 1.75. The number of halogens is 1. The maximum atomic E-state index is 12.6. The number of likely N-dealkylation sites (tertiary alicyclic amines) is 1. The van der Waals surface area contributed by atoms with Gasteiger partial charge in [-0.1, -0.05) is 25.4 Å². The standard InChI is InChI=1S/C23H29ClN6O2/c1-13(31)29-11-14-4-5-19(29)16(14)8-26-22(32)28-21-6-15(18(24)10-25-21)17-9-27-30-12-23(2,3)7-20(17)30/h6,9-10,14,16,19H,4-5,7-8,11-12H2,1-3H3,(H2,25,26,28,32). The molecule has 2 aromatic heterocycles. The third-order valence-electron chi connectivity index (χ3n) is 7.23. The third-order valence-corrected chi connectivity index (χ3v) is 7.53. The summed E-state index contributed by atoms with van der Waals surface area (Å²) in [7, 11) is 0. The van der Waals surface area contributed by atoms with Crippen LogP contribution in [0.25, 0.3) is 11.1 Å². The monoisotopic (exact) mass is 456 g/mol. The Bertz CT molecular complexity index is 1080. The van der Waals surface area contributed by atoms with Crippen molar-refractivity contribution in [3.8, 4) is 11.1 Å². The molecule has 1 saturated carbocycles. The summed E-state index contributed by atoms with van der Waals surface area (Å²) < 4.78 is 2.03. The molecule has 0 spiro atoms. The quantitative estimate of drug-likeness (QED) is 0.735. The Morgan fingerprint density at radius 3 is 2.81 bits per heavy atom. The zero-order valence-electron chi connectivity index (χ0n) is 18.7. The molecule has 32 heavy (non-hydrogen) atoms. The molecule has 1 saturated heterocycles. The lowest BCUT2D eigenvalue weighted by Gasteiger charge is -2.26. The van der Waals surface area contributed by atoms with Gasteiger partial charge in [-0.2, -0.15) is 5.10 Å². The Kier molecular flexibility index (Phi) is 5.15. The van der Waals surface area contributed by atoms with Crippen LogP contribution in [0.15, 0.2) is 18.5 Å². The molecule has 2 N–H and O–H groups in total. The molecule has 3 aliphatic rings. The molecular weight excluding hydrogens is 428 g/mol. The van der Waals surface area contributed by atoms with E-state index in [0.29, 0.717) is 29.2 Å². The van der Waals surface area contributed by atoms with Crippen molar-refractivity contribution in [2.45, 2.75) is 52.6 Å². The summed E-state index contributed by atoms with van der Waals surface area (Å²) in [6.07, 6.45) is 6.47. The normalized spacial score (nSPS) is 25.1. The number of carbonyl (C=O) groups excluding carboxylic acids is 2. The van der Waals surface area contributed by atoms with Gasteiger partial charge in [0.15, 0.2) is 0 Å². The predicted molar refractivity (Wildman–Crippen MR) is 122 cm³/mol. The first-order valence-electron chi connectivity index (χ1n) is 11.2. The Hall–Kier alpha value is -2.61. The Morgan fingerprint density at radius 2 is 2.06 bits per heavy atom. The highest BCUT2D eigenvalue weighted by atomic mass is 35.5. The molecule has 3 unspecified atom stereocenters. The van der Waals surface area contributed by atoms with Gasteiger partial charge < -0.3 is 10.2 Å². The van der Waals surface area contributed by atoms with E-state index in [1.54, 1.807) is 13.1 Å². The number of nitrogens with one attached hydrogen (secondary N) is 2. The number of carbonyl (C=O) groups is 2. The number of aromatic nitrogens is 3. The Labute approximate surface area is 192 Å². The first kappa shape index (κ1) is 21.2. The average molecular weight is 457 g/mol. The van der Waals surface area contributed by atoms with Crippen LogP contribution >= 0.6 is 11.6 Å². The van der Waals surface area contributed by atoms with Crippen molar-refractivity contribution in [3.63, 3.8) is 0 Å². The van der Waals surface area contributed by atoms with Crippen LogP contribution in [0.2, 0.25) is 5.02 Å². The second kappa shape index (κ2) is 7.76. The highest BCUT2D eigenvalue weighted by molar-refractivity contribution is 6.33. The number of urea groups is 1. The largest absolute Gasteiger partial charge is 0.339 e. The van der Waals surface area contributed by atoms with Gasteiger partial charge in [-0.15, -0.1) is 0 Å². The topological polar surface area (TPSA) is 92.2 Å². The van der Waals surface area contributed by atoms with Crippen LogP contribution in [0.1, 0.15) is 39.3 Å². The van der Waals surface area contributed by atoms with Crippen LogP contribution in [0.5, 0.6) is 0 Å². The van der Waals surface area contributed by atoms with Crippen molar-refractivity contribution in [3.05, 3.63) is 29.2 Å². The van der Waals surface area contributed by atoms with Crippen LogP contribution < -0.4 is 10.6 Å². The number of pyridine rings is 1. The molecule has 2 fully saturated rings. The van der Waals surface area contributed by atoms with Crippen molar-refractivity contribution in [2.24, 2.45) is 17.3 Å². The summed E-state index contributed by atoms with van der Waals surface area (Å²) in [6.45, 7) is 8.31. The van der Waals surface area contributed by atoms with Gasteiger partial charge in [0.05, 0.1) is 11.2 Å². The zero-order chi connectivity index (χ0) is 22.6. The lowest BCUT2D eigenvalue weighted by Crippen LogP contribution is -2.40. The van der Waals surface area contributed by atoms with E-state index in [0.717, 1.165) is 49.2 Å². The summed E-state index contributed by atoms with van der Waals surface area (Å²) >= 11 is 6.46. The lowest BCUT2D eigenvalue weighted by molar-refractivity contribution is -0.130. The lowest BCUT2D eigenvalue weighted by atomic mass is 9.89. The van der Waals surface area contributed by atoms with Crippen LogP contribution in [0.4, 0.5) is 10.6 Å². The maximum absolute atomic E-state index is 12.6. The van der Waals surface area contributed by atoms with Crippen molar-refractivity contribution >= 4 is 29.4 Å². The van der Waals surface area contributed by atoms with Gasteiger partial charge in [0.2, 0.25) is 5.91 Å². The summed E-state index contributed by atoms with van der Waals surface area (Å²) in [5.74, 6) is 1.35. The molecule has 1 aliphatic carbocycles. The fourth-order valence-corrected chi connectivity index (χ4v) is 5.96. The number of rotatable bonds is 4. The smallest absolute Gasteiger partial charge is 0.320 e. The van der Waals surface area contributed by atoms with Crippen molar-refractivity contribution < 1.29 is 9.59 Å². The summed E-state index contributed by atoms with van der Waals surface area (Å²) in [4.78, 5) is 30.6. The number of piperidine rings is 1. The van der Waals surface area contributed by atoms with Gasteiger partial charge in [-0.3, -0.25) is 14.8 Å². The van der Waals surface area contributed by atoms with Gasteiger partial charge in [-0.25, -0.2) is 9.78 Å². The van der Waals surface area contributed by atoms with Crippen LogP contribution in [0, 0.1) is 17.3 Å². The first-order chi connectivity index (χ1) is 15.2. The van der Waals surface area contributed by atoms with E-state index in [9.17, 15) is 9.59 Å². The molecule has 9 heteroatoms. The molecule has 170 valence electrons. The molecular formula is C23H29ClN6O2. The second-order valence-electron chi connectivity index (χ2n) is 10.1. The number of nitrogens with zero attached hydrogens (tertiary/aromatic N) is 4. The summed E-state index contributed by atoms with van der Waals surface area (Å²) in [5, 5.41) is 10.9. The highest BCUT2D eigenvalue weighted by Crippen LogP contribution is 2.42. The molecule has 0 radical (unpaired) electrons. The molecule has 2 aliphatic heterocycles. The molecule has 5 rings (SSSR count). The number of fused-ring (bicyclic) bond motifs is 3. The minimum Gasteiger partial charge on any atom is -0.339 e. The van der Waals surface area contributed by atoms with Gasteiger partial charge >= 0.3 is 6.03 Å². The van der Waals surface area contributed by atoms with Crippen molar-refractivity contribution in [2.75, 3.05) is 18.4 Å². The van der Waals surface area contributed by atoms with Crippen molar-refractivity contribution in [1.82, 2.24) is 25.0 Å². The first-order valence-corrected chi connectivity index (χ1v) is 11.6. The maximum Gasteiger partial charge on any atom is 0.320 e. The van der Waals surface area contributed by atoms with E-state index in [4.69, 9.17) is 11.6 Å². The minimum atomic E-state index is -0.298. The molecule has 4 heterocycles. The fourth-order valence-electron chi connectivity index (χ4n) is 5.75. The second-order valence-corrected chi connectivity index (χ2v) is 10.5. The van der Waals surface area contributed by atoms with Gasteiger partial charge in [0.25, 0.3) is 0 Å². The van der Waals surface area contributed by atoms with E-state index in [1.807, 2.05) is 21.8 Å². The number of hydrogen-bond acceptors (Lipinski definition) is 4. The summed E-state index contributed by atoms with van der Waals surface area (Å²) in [5.41, 5.74) is 3.13. The van der Waals surface area contributed by atoms with E-state index >= 15 is 0 Å². The SMILES string of the molecule is CC(=O)N1CC2CCC1C2CNC(=O)Nc1cc(-c2cnn3c2CC(C)(C)C3)c(Cl)cn1. The molecule has 0 aromatic carbocycles. The van der Waals surface area contributed by atoms with Crippen molar-refractivity contribution in [1.29, 1.82) is 0 Å². The number of hydrogen-bond donors (Lipinski definition) is 2. The number of amides is 3. The van der Waals surface area contributed by atoms with E-state index in [1.165, 1.54) is 0 Å². The highest BCUT2D eigenvalue weighted by Gasteiger charge is 2.47. The fraction of sp³-hybridized carbons (Fsp3) is 0.565. The molecule has 3 atom stereocenters. The van der Waals surface area contributed by atoms with Crippen LogP contribution in [-0.2, 0) is 17.8 Å². The Balaban J connectivity index is 1.25. The van der Waals surface area contributed by atoms with Gasteiger partial charge in [-0.05, 0) is 36.7 Å². The Morgan fingerprint density at radius 1 is 1.25 bits per heavy atom. The molecule has 3 amide bonds. The molecule has 2 bridgehead atoms. The van der Waals surface area contributed by atoms with Crippen LogP contribution in [-0.4, -0.2) is 50.7 Å². The van der Waals surface area contributed by atoms with Crippen LogP contribution in [0.3, 0.4) is 0 Å². The van der Waals surface area contributed by atoms with E-state index in [2.05, 4.69) is 34.6 Å². The zero-order valence-corrected chi connectivity index (χ0v) is 19.4. The third kappa shape index (κ3) is 3.74. The molecule has 2 aromatic rings. The predicted octanol–water partition coefficient (Wildman–Crippen LogP) is 3.56. The van der Waals surface area contributed by atoms with E-state index in [-0.39, 0.29) is 23.4 Å².